The van der Waals surface area contributed by atoms with E-state index in [1.165, 1.54) is 7.05 Å². The maximum Gasteiger partial charge on any atom is 0.276 e. The van der Waals surface area contributed by atoms with Gasteiger partial charge in [-0.1, -0.05) is 24.3 Å². The van der Waals surface area contributed by atoms with Crippen LogP contribution in [0.15, 0.2) is 29.4 Å². The minimum atomic E-state index is -4.00. The minimum Gasteiger partial charge on any atom is -0.372 e. The Balaban J connectivity index is 2.04. The van der Waals surface area contributed by atoms with Crippen molar-refractivity contribution >= 4 is 33.1 Å². The summed E-state index contributed by atoms with van der Waals surface area (Å²) in [6.45, 7) is 0.765. The summed E-state index contributed by atoms with van der Waals surface area (Å²) in [5, 5.41) is 8.78. The zero-order valence-electron chi connectivity index (χ0n) is 14.7. The van der Waals surface area contributed by atoms with Gasteiger partial charge in [0, 0.05) is 0 Å². The lowest BCUT2D eigenvalue weighted by Crippen LogP contribution is -2.42. The molecule has 2 atom stereocenters. The maximum atomic E-state index is 12.2. The van der Waals surface area contributed by atoms with Gasteiger partial charge in [0.2, 0.25) is 5.95 Å². The van der Waals surface area contributed by atoms with Crippen molar-refractivity contribution in [1.82, 2.24) is 19.7 Å². The van der Waals surface area contributed by atoms with E-state index in [4.69, 9.17) is 22.1 Å². The third-order valence-corrected chi connectivity index (χ3v) is 6.50. The average molecular weight is 419 g/mol. The van der Waals surface area contributed by atoms with Crippen LogP contribution in [-0.2, 0) is 26.8 Å². The molecular weight excluding hydrogens is 404 g/mol. The molecule has 9 nitrogen and oxygen atoms in total. The summed E-state index contributed by atoms with van der Waals surface area (Å²) >= 11 is 6.64. The van der Waals surface area contributed by atoms with Crippen LogP contribution in [0.2, 0.25) is 0 Å². The lowest BCUT2D eigenvalue weighted by Gasteiger charge is -2.37. The molecular formula is C17H15ClN6O3S. The van der Waals surface area contributed by atoms with E-state index >= 15 is 0 Å². The first-order valence-electron chi connectivity index (χ1n) is 8.25. The minimum absolute atomic E-state index is 0.119. The maximum absolute atomic E-state index is 12.2. The molecule has 1 aromatic heterocycles. The third kappa shape index (κ3) is 2.59. The molecule has 2 aromatic rings. The molecule has 2 unspecified atom stereocenters. The van der Waals surface area contributed by atoms with Gasteiger partial charge in [0.25, 0.3) is 15.2 Å². The van der Waals surface area contributed by atoms with Crippen LogP contribution in [0, 0.1) is 11.3 Å². The van der Waals surface area contributed by atoms with Crippen LogP contribution in [0.1, 0.15) is 22.5 Å². The Bertz CT molecular complexity index is 1160. The van der Waals surface area contributed by atoms with Gasteiger partial charge in [-0.3, -0.25) is 0 Å². The molecule has 1 aliphatic carbocycles. The number of benzene rings is 1. The highest BCUT2D eigenvalue weighted by atomic mass is 35.5. The van der Waals surface area contributed by atoms with Gasteiger partial charge in [-0.2, -0.15) is 20.2 Å². The molecule has 0 saturated carbocycles. The van der Waals surface area contributed by atoms with Crippen LogP contribution < -0.4 is 10.5 Å². The second-order valence-corrected chi connectivity index (χ2v) is 8.60. The number of rotatable bonds is 3. The van der Waals surface area contributed by atoms with E-state index < -0.39 is 26.0 Å². The van der Waals surface area contributed by atoms with Crippen molar-refractivity contribution < 1.29 is 13.2 Å². The molecule has 4 rings (SSSR count). The number of anilines is 1. The van der Waals surface area contributed by atoms with Crippen LogP contribution >= 0.6 is 11.6 Å². The van der Waals surface area contributed by atoms with Gasteiger partial charge in [-0.05, 0) is 29.3 Å². The largest absolute Gasteiger partial charge is 0.372 e. The molecule has 144 valence electrons. The molecule has 0 amide bonds. The first-order valence-corrected chi connectivity index (χ1v) is 10.2. The van der Waals surface area contributed by atoms with Crippen LogP contribution in [0.3, 0.4) is 0 Å². The number of hydrogen-bond donors (Lipinski definition) is 2. The molecule has 0 saturated heterocycles. The topological polar surface area (TPSA) is 144 Å². The highest BCUT2D eigenvalue weighted by molar-refractivity contribution is 7.89. The quantitative estimate of drug-likeness (QED) is 0.693. The number of aromatic nitrogens is 3. The van der Waals surface area contributed by atoms with Crippen molar-refractivity contribution in [2.75, 3.05) is 19.4 Å². The van der Waals surface area contributed by atoms with Gasteiger partial charge in [0.15, 0.2) is 11.2 Å². The summed E-state index contributed by atoms with van der Waals surface area (Å²) < 4.78 is 32.1. The summed E-state index contributed by atoms with van der Waals surface area (Å²) in [6.07, 6.45) is 1.72. The Labute approximate surface area is 166 Å². The Kier molecular flexibility index (Phi) is 4.35. The molecule has 3 N–H and O–H groups in total. The molecule has 0 radical (unpaired) electrons. The van der Waals surface area contributed by atoms with Gasteiger partial charge < -0.3 is 10.5 Å². The lowest BCUT2D eigenvalue weighted by atomic mass is 9.69. The van der Waals surface area contributed by atoms with Crippen molar-refractivity contribution in [1.29, 1.82) is 5.26 Å². The van der Waals surface area contributed by atoms with Crippen LogP contribution in [0.4, 0.5) is 5.95 Å². The number of alkyl halides is 1. The first-order chi connectivity index (χ1) is 13.3. The molecule has 0 spiro atoms. The monoisotopic (exact) mass is 418 g/mol. The van der Waals surface area contributed by atoms with Crippen molar-refractivity contribution in [2.45, 2.75) is 22.6 Å². The number of sulfonamides is 1. The summed E-state index contributed by atoms with van der Waals surface area (Å²) in [7, 11) is -2.78. The van der Waals surface area contributed by atoms with E-state index in [1.54, 1.807) is 18.2 Å². The SMILES string of the molecule is CNS(=O)(=O)c1nc(N)nc(C2(C#N)c3cccc4c3C(=CC2Cl)COC4)n1. The number of nitrogens with two attached hydrogens (primary N) is 1. The predicted molar refractivity (Wildman–Crippen MR) is 101 cm³/mol. The molecule has 28 heavy (non-hydrogen) atoms. The number of hydrogen-bond acceptors (Lipinski definition) is 8. The zero-order valence-corrected chi connectivity index (χ0v) is 16.3. The Hall–Kier alpha value is -2.58. The van der Waals surface area contributed by atoms with E-state index in [9.17, 15) is 13.7 Å². The number of allylic oxidation sites excluding steroid dienone is 1. The third-order valence-electron chi connectivity index (χ3n) is 4.84. The van der Waals surface area contributed by atoms with Gasteiger partial charge >= 0.3 is 0 Å². The van der Waals surface area contributed by atoms with Crippen LogP contribution in [-0.4, -0.2) is 42.4 Å². The van der Waals surface area contributed by atoms with Crippen molar-refractivity contribution in [2.24, 2.45) is 0 Å². The lowest BCUT2D eigenvalue weighted by molar-refractivity contribution is 0.145. The van der Waals surface area contributed by atoms with E-state index in [1.807, 2.05) is 6.07 Å². The molecule has 0 bridgehead atoms. The standard InChI is InChI=1S/C17H15ClN6O3S/c1-21-28(25,26)16-23-14(22-15(20)24-16)17(8-19)11-4-2-3-9-6-27-7-10(13(9)11)5-12(17)18/h2-5,12,21H,6-7H2,1H3,(H2,20,22,23,24). The van der Waals surface area contributed by atoms with Gasteiger partial charge in [0.1, 0.15) is 0 Å². The fraction of sp³-hybridized carbons (Fsp3) is 0.294. The summed E-state index contributed by atoms with van der Waals surface area (Å²) in [6, 6.07) is 7.68. The molecule has 1 aliphatic heterocycles. The molecule has 1 aromatic carbocycles. The number of ether oxygens (including phenoxy) is 1. The Morgan fingerprint density at radius 2 is 2.14 bits per heavy atom. The van der Waals surface area contributed by atoms with E-state index in [-0.39, 0.29) is 11.8 Å². The van der Waals surface area contributed by atoms with E-state index in [0.29, 0.717) is 18.8 Å². The van der Waals surface area contributed by atoms with Crippen molar-refractivity contribution in [3.05, 3.63) is 46.8 Å². The Morgan fingerprint density at radius 3 is 2.86 bits per heavy atom. The molecule has 11 heteroatoms. The van der Waals surface area contributed by atoms with Gasteiger partial charge in [-0.25, -0.2) is 13.1 Å². The first kappa shape index (κ1) is 18.8. The number of halogens is 1. The van der Waals surface area contributed by atoms with Crippen molar-refractivity contribution in [3.63, 3.8) is 0 Å². The summed E-state index contributed by atoms with van der Waals surface area (Å²) in [5.74, 6) is -0.438. The fourth-order valence-corrected chi connectivity index (χ4v) is 4.55. The average Bonchev–Trinajstić information content (AvgIpc) is 2.68. The molecule has 0 fully saturated rings. The van der Waals surface area contributed by atoms with E-state index in [2.05, 4.69) is 25.7 Å². The predicted octanol–water partition coefficient (Wildman–Crippen LogP) is 0.706. The highest BCUT2D eigenvalue weighted by Gasteiger charge is 2.49. The van der Waals surface area contributed by atoms with Crippen molar-refractivity contribution in [3.8, 4) is 6.07 Å². The smallest absolute Gasteiger partial charge is 0.276 e. The number of nitrogens with zero attached hydrogens (tertiary/aromatic N) is 4. The van der Waals surface area contributed by atoms with Gasteiger partial charge in [-0.15, -0.1) is 11.6 Å². The van der Waals surface area contributed by atoms with Crippen LogP contribution in [0.5, 0.6) is 0 Å². The zero-order chi connectivity index (χ0) is 20.1. The number of nitriles is 1. The second-order valence-electron chi connectivity index (χ2n) is 6.35. The fourth-order valence-electron chi connectivity index (χ4n) is 3.53. The number of nitrogen functional groups attached to an aromatic ring is 1. The normalized spacial score (nSPS) is 23.5. The molecule has 2 heterocycles. The molecule has 2 aliphatic rings. The van der Waals surface area contributed by atoms with E-state index in [0.717, 1.165) is 16.7 Å². The number of nitrogens with one attached hydrogen (secondary N) is 1. The van der Waals surface area contributed by atoms with Gasteiger partial charge in [0.05, 0.1) is 24.7 Å². The Morgan fingerprint density at radius 1 is 1.36 bits per heavy atom. The summed E-state index contributed by atoms with van der Waals surface area (Å²) in [5.41, 5.74) is 7.42. The second kappa shape index (κ2) is 6.49. The highest BCUT2D eigenvalue weighted by Crippen LogP contribution is 2.47. The summed E-state index contributed by atoms with van der Waals surface area (Å²) in [4.78, 5) is 11.9. The van der Waals surface area contributed by atoms with Crippen LogP contribution in [0.25, 0.3) is 5.57 Å².